The molecule has 2 aliphatic rings. The molecule has 1 unspecified atom stereocenters. The monoisotopic (exact) mass is 487 g/mol. The van der Waals surface area contributed by atoms with Crippen LogP contribution in [0.2, 0.25) is 0 Å². The maximum absolute atomic E-state index is 13.1. The number of ether oxygens (including phenoxy) is 3. The zero-order chi connectivity index (χ0) is 24.7. The third-order valence-corrected chi connectivity index (χ3v) is 6.82. The molecule has 0 spiro atoms. The van der Waals surface area contributed by atoms with Gasteiger partial charge in [-0.2, -0.15) is 0 Å². The van der Waals surface area contributed by atoms with Gasteiger partial charge in [0.15, 0.2) is 11.5 Å². The summed E-state index contributed by atoms with van der Waals surface area (Å²) in [6, 6.07) is 17.9. The quantitative estimate of drug-likeness (QED) is 0.434. The van der Waals surface area contributed by atoms with Crippen LogP contribution >= 0.6 is 0 Å². The van der Waals surface area contributed by atoms with Crippen molar-refractivity contribution in [1.29, 1.82) is 0 Å². The molecule has 5 rings (SSSR count). The van der Waals surface area contributed by atoms with E-state index in [1.54, 1.807) is 6.07 Å². The number of nitrogens with zero attached hydrogens (tertiary/aromatic N) is 3. The summed E-state index contributed by atoms with van der Waals surface area (Å²) in [7, 11) is 0. The highest BCUT2D eigenvalue weighted by molar-refractivity contribution is 5.95. The average molecular weight is 488 g/mol. The molecule has 2 aliphatic heterocycles. The smallest absolute Gasteiger partial charge is 0.254 e. The summed E-state index contributed by atoms with van der Waals surface area (Å²) in [5.74, 6) is 2.55. The van der Waals surface area contributed by atoms with Gasteiger partial charge in [-0.25, -0.2) is 0 Å². The van der Waals surface area contributed by atoms with E-state index in [1.807, 2.05) is 35.5 Å². The first-order valence-electron chi connectivity index (χ1n) is 12.7. The fourth-order valence-electron chi connectivity index (χ4n) is 4.83. The Balaban J connectivity index is 1.15. The molecule has 1 atom stereocenters. The molecule has 0 N–H and O–H groups in total. The standard InChI is InChI=1S/C29H33N3O4/c1-2-31(17-22-10-12-30-13-11-22)18-23-5-3-7-26(15-23)34-20-24-6-4-14-32(19-24)29(33)25-8-9-27-28(16-25)36-21-35-27/h3,5,7-13,15-16,24H,2,4,6,14,17-21H2,1H3. The highest BCUT2D eigenvalue weighted by Gasteiger charge is 2.26. The Bertz CT molecular complexity index is 1170. The predicted molar refractivity (Wildman–Crippen MR) is 137 cm³/mol. The summed E-state index contributed by atoms with van der Waals surface area (Å²) < 4.78 is 17.0. The Morgan fingerprint density at radius 3 is 2.75 bits per heavy atom. The molecule has 188 valence electrons. The number of pyridine rings is 1. The topological polar surface area (TPSA) is 64.1 Å². The van der Waals surface area contributed by atoms with E-state index in [1.165, 1.54) is 11.1 Å². The zero-order valence-corrected chi connectivity index (χ0v) is 20.8. The van der Waals surface area contributed by atoms with Crippen molar-refractivity contribution in [3.63, 3.8) is 0 Å². The van der Waals surface area contributed by atoms with Crippen LogP contribution in [-0.4, -0.2) is 53.7 Å². The van der Waals surface area contributed by atoms with Gasteiger partial charge in [-0.15, -0.1) is 0 Å². The van der Waals surface area contributed by atoms with E-state index in [9.17, 15) is 4.79 Å². The van der Waals surface area contributed by atoms with Crippen molar-refractivity contribution in [3.05, 3.63) is 83.7 Å². The van der Waals surface area contributed by atoms with E-state index in [4.69, 9.17) is 14.2 Å². The molecular formula is C29H33N3O4. The third kappa shape index (κ3) is 5.97. The summed E-state index contributed by atoms with van der Waals surface area (Å²) in [5.41, 5.74) is 3.13. The minimum atomic E-state index is 0.0360. The van der Waals surface area contributed by atoms with Gasteiger partial charge in [-0.1, -0.05) is 19.1 Å². The van der Waals surface area contributed by atoms with Gasteiger partial charge in [0.05, 0.1) is 6.61 Å². The summed E-state index contributed by atoms with van der Waals surface area (Å²) in [4.78, 5) is 21.5. The fourth-order valence-corrected chi connectivity index (χ4v) is 4.83. The van der Waals surface area contributed by atoms with E-state index >= 15 is 0 Å². The van der Waals surface area contributed by atoms with Crippen molar-refractivity contribution in [2.45, 2.75) is 32.9 Å². The van der Waals surface area contributed by atoms with E-state index in [0.29, 0.717) is 36.1 Å². The summed E-state index contributed by atoms with van der Waals surface area (Å²) in [6.45, 7) is 7.16. The number of benzene rings is 2. The lowest BCUT2D eigenvalue weighted by Gasteiger charge is -2.32. The molecule has 3 heterocycles. The third-order valence-electron chi connectivity index (χ3n) is 6.82. The minimum absolute atomic E-state index is 0.0360. The van der Waals surface area contributed by atoms with Gasteiger partial charge in [0.1, 0.15) is 5.75 Å². The predicted octanol–water partition coefficient (Wildman–Crippen LogP) is 4.76. The summed E-state index contributed by atoms with van der Waals surface area (Å²) in [6.07, 6.45) is 5.71. The number of fused-ring (bicyclic) bond motifs is 1. The Hall–Kier alpha value is -3.58. The van der Waals surface area contributed by atoms with E-state index in [-0.39, 0.29) is 12.7 Å². The Morgan fingerprint density at radius 1 is 1.06 bits per heavy atom. The number of likely N-dealkylation sites (tertiary alicyclic amines) is 1. The first kappa shape index (κ1) is 24.1. The van der Waals surface area contributed by atoms with Crippen LogP contribution in [0.3, 0.4) is 0 Å². The van der Waals surface area contributed by atoms with E-state index in [0.717, 1.165) is 44.8 Å². The molecule has 7 heteroatoms. The van der Waals surface area contributed by atoms with Gasteiger partial charge in [0.25, 0.3) is 5.91 Å². The van der Waals surface area contributed by atoms with Crippen molar-refractivity contribution in [2.75, 3.05) is 33.0 Å². The normalized spacial score (nSPS) is 16.8. The second kappa shape index (κ2) is 11.4. The van der Waals surface area contributed by atoms with Gasteiger partial charge in [-0.05, 0) is 73.0 Å². The fraction of sp³-hybridized carbons (Fsp3) is 0.379. The number of piperidine rings is 1. The lowest BCUT2D eigenvalue weighted by Crippen LogP contribution is -2.41. The zero-order valence-electron chi connectivity index (χ0n) is 20.8. The highest BCUT2D eigenvalue weighted by Crippen LogP contribution is 2.33. The lowest BCUT2D eigenvalue weighted by molar-refractivity contribution is 0.0633. The molecule has 7 nitrogen and oxygen atoms in total. The van der Waals surface area contributed by atoms with Gasteiger partial charge in [-0.3, -0.25) is 14.7 Å². The Kier molecular flexibility index (Phi) is 7.67. The highest BCUT2D eigenvalue weighted by atomic mass is 16.7. The first-order valence-corrected chi connectivity index (χ1v) is 12.7. The Labute approximate surface area is 212 Å². The summed E-state index contributed by atoms with van der Waals surface area (Å²) >= 11 is 0. The molecule has 2 aromatic carbocycles. The molecule has 3 aromatic rings. The molecule has 1 amide bonds. The number of amides is 1. The van der Waals surface area contributed by atoms with E-state index in [2.05, 4.69) is 47.1 Å². The average Bonchev–Trinajstić information content (AvgIpc) is 3.40. The number of carbonyl (C=O) groups excluding carboxylic acids is 1. The number of rotatable bonds is 9. The van der Waals surface area contributed by atoms with Crippen LogP contribution in [0.1, 0.15) is 41.3 Å². The van der Waals surface area contributed by atoms with Gasteiger partial charge >= 0.3 is 0 Å². The van der Waals surface area contributed by atoms with Crippen LogP contribution in [0.15, 0.2) is 67.0 Å². The molecule has 1 aromatic heterocycles. The van der Waals surface area contributed by atoms with Crippen LogP contribution in [0.4, 0.5) is 0 Å². The van der Waals surface area contributed by atoms with Gasteiger partial charge in [0, 0.05) is 50.1 Å². The second-order valence-electron chi connectivity index (χ2n) is 9.44. The molecular weight excluding hydrogens is 454 g/mol. The molecule has 0 saturated carbocycles. The maximum atomic E-state index is 13.1. The van der Waals surface area contributed by atoms with Crippen LogP contribution in [0, 0.1) is 5.92 Å². The number of carbonyl (C=O) groups is 1. The maximum Gasteiger partial charge on any atom is 0.254 e. The molecule has 1 fully saturated rings. The number of aromatic nitrogens is 1. The van der Waals surface area contributed by atoms with Crippen LogP contribution in [0.25, 0.3) is 0 Å². The van der Waals surface area contributed by atoms with Crippen molar-refractivity contribution in [3.8, 4) is 17.2 Å². The van der Waals surface area contributed by atoms with Crippen molar-refractivity contribution < 1.29 is 19.0 Å². The van der Waals surface area contributed by atoms with Crippen molar-refractivity contribution in [1.82, 2.24) is 14.8 Å². The largest absolute Gasteiger partial charge is 0.493 e. The summed E-state index contributed by atoms with van der Waals surface area (Å²) in [5, 5.41) is 0. The molecule has 1 saturated heterocycles. The van der Waals surface area contributed by atoms with E-state index < -0.39 is 0 Å². The van der Waals surface area contributed by atoms with Crippen LogP contribution in [-0.2, 0) is 13.1 Å². The molecule has 0 bridgehead atoms. The SMILES string of the molecule is CCN(Cc1ccncc1)Cc1cccc(OCC2CCCN(C(=O)c3ccc4c(c3)OCO4)C2)c1. The molecule has 0 radical (unpaired) electrons. The van der Waals surface area contributed by atoms with Gasteiger partial charge in [0.2, 0.25) is 6.79 Å². The number of hydrogen-bond acceptors (Lipinski definition) is 6. The number of hydrogen-bond donors (Lipinski definition) is 0. The first-order chi connectivity index (χ1) is 17.7. The van der Waals surface area contributed by atoms with Crippen LogP contribution in [0.5, 0.6) is 17.2 Å². The van der Waals surface area contributed by atoms with Crippen molar-refractivity contribution >= 4 is 5.91 Å². The lowest BCUT2D eigenvalue weighted by atomic mass is 9.98. The minimum Gasteiger partial charge on any atom is -0.493 e. The second-order valence-corrected chi connectivity index (χ2v) is 9.44. The molecule has 0 aliphatic carbocycles. The Morgan fingerprint density at radius 2 is 1.89 bits per heavy atom. The molecule has 36 heavy (non-hydrogen) atoms. The van der Waals surface area contributed by atoms with Gasteiger partial charge < -0.3 is 19.1 Å². The van der Waals surface area contributed by atoms with Crippen LogP contribution < -0.4 is 14.2 Å². The van der Waals surface area contributed by atoms with Crippen molar-refractivity contribution in [2.24, 2.45) is 5.92 Å².